The molecule has 22 heavy (non-hydrogen) atoms. The number of aromatic nitrogens is 4. The number of benzene rings is 1. The standard InChI is InChI=1S/C14H17N5O3/c20-12(21)10-19-14(15-16-17-19)13(11-4-2-1-3-5-11)18-6-8-22-9-7-18/h1-5,13H,6-10H2,(H,20,21)/t13-/m1/s1. The molecule has 8 nitrogen and oxygen atoms in total. The Kier molecular flexibility index (Phi) is 4.40. The molecule has 2 aromatic rings. The van der Waals surface area contributed by atoms with Gasteiger partial charge in [-0.15, -0.1) is 5.10 Å². The van der Waals surface area contributed by atoms with E-state index in [1.54, 1.807) is 0 Å². The Morgan fingerprint density at radius 3 is 2.68 bits per heavy atom. The van der Waals surface area contributed by atoms with Crippen LogP contribution in [0.5, 0.6) is 0 Å². The molecule has 1 aliphatic heterocycles. The zero-order valence-electron chi connectivity index (χ0n) is 12.0. The first-order chi connectivity index (χ1) is 10.8. The molecule has 0 aliphatic carbocycles. The van der Waals surface area contributed by atoms with Crippen LogP contribution in [-0.2, 0) is 16.1 Å². The summed E-state index contributed by atoms with van der Waals surface area (Å²) >= 11 is 0. The van der Waals surface area contributed by atoms with Crippen LogP contribution in [0.3, 0.4) is 0 Å². The van der Waals surface area contributed by atoms with Crippen molar-refractivity contribution >= 4 is 5.97 Å². The number of tetrazole rings is 1. The maximum Gasteiger partial charge on any atom is 0.325 e. The van der Waals surface area contributed by atoms with E-state index in [4.69, 9.17) is 9.84 Å². The summed E-state index contributed by atoms with van der Waals surface area (Å²) in [6, 6.07) is 9.67. The highest BCUT2D eigenvalue weighted by molar-refractivity contribution is 5.66. The van der Waals surface area contributed by atoms with E-state index in [-0.39, 0.29) is 12.6 Å². The van der Waals surface area contributed by atoms with Crippen LogP contribution < -0.4 is 0 Å². The molecule has 0 bridgehead atoms. The maximum absolute atomic E-state index is 11.0. The normalized spacial score (nSPS) is 17.3. The molecule has 1 atom stereocenters. The number of carboxylic acids is 1. The second-order valence-corrected chi connectivity index (χ2v) is 5.05. The fourth-order valence-electron chi connectivity index (χ4n) is 2.64. The summed E-state index contributed by atoms with van der Waals surface area (Å²) in [4.78, 5) is 13.2. The van der Waals surface area contributed by atoms with E-state index in [9.17, 15) is 4.79 Å². The summed E-state index contributed by atoms with van der Waals surface area (Å²) in [7, 11) is 0. The fraction of sp³-hybridized carbons (Fsp3) is 0.429. The molecule has 3 rings (SSSR count). The number of morpholine rings is 1. The van der Waals surface area contributed by atoms with Gasteiger partial charge >= 0.3 is 5.97 Å². The molecule has 1 aromatic carbocycles. The summed E-state index contributed by atoms with van der Waals surface area (Å²) in [5.41, 5.74) is 1.03. The van der Waals surface area contributed by atoms with E-state index in [0.29, 0.717) is 19.0 Å². The minimum atomic E-state index is -0.970. The minimum Gasteiger partial charge on any atom is -0.480 e. The highest BCUT2D eigenvalue weighted by Gasteiger charge is 2.29. The molecule has 0 unspecified atom stereocenters. The first kappa shape index (κ1) is 14.6. The van der Waals surface area contributed by atoms with Crippen molar-refractivity contribution in [3.05, 3.63) is 41.7 Å². The van der Waals surface area contributed by atoms with Crippen LogP contribution in [0.25, 0.3) is 0 Å². The first-order valence-electron chi connectivity index (χ1n) is 7.10. The van der Waals surface area contributed by atoms with Gasteiger partial charge < -0.3 is 9.84 Å². The summed E-state index contributed by atoms with van der Waals surface area (Å²) < 4.78 is 6.75. The van der Waals surface area contributed by atoms with Crippen molar-refractivity contribution in [2.24, 2.45) is 0 Å². The fourth-order valence-corrected chi connectivity index (χ4v) is 2.64. The molecule has 0 saturated carbocycles. The van der Waals surface area contributed by atoms with E-state index >= 15 is 0 Å². The van der Waals surface area contributed by atoms with Gasteiger partial charge in [0.15, 0.2) is 5.82 Å². The number of hydrogen-bond donors (Lipinski definition) is 1. The van der Waals surface area contributed by atoms with Gasteiger partial charge in [0, 0.05) is 13.1 Å². The zero-order valence-corrected chi connectivity index (χ0v) is 12.0. The van der Waals surface area contributed by atoms with Crippen LogP contribution in [0.2, 0.25) is 0 Å². The first-order valence-corrected chi connectivity index (χ1v) is 7.10. The van der Waals surface area contributed by atoms with E-state index in [1.807, 2.05) is 30.3 Å². The van der Waals surface area contributed by atoms with Gasteiger partial charge in [-0.2, -0.15) is 0 Å². The van der Waals surface area contributed by atoms with Crippen LogP contribution >= 0.6 is 0 Å². The van der Waals surface area contributed by atoms with Gasteiger partial charge in [0.2, 0.25) is 0 Å². The van der Waals surface area contributed by atoms with Gasteiger partial charge in [-0.1, -0.05) is 30.3 Å². The average Bonchev–Trinajstić information content (AvgIpc) is 2.97. The predicted octanol–water partition coefficient (Wildman–Crippen LogP) is 0.179. The van der Waals surface area contributed by atoms with Gasteiger partial charge in [0.25, 0.3) is 0 Å². The largest absolute Gasteiger partial charge is 0.480 e. The molecular formula is C14H17N5O3. The van der Waals surface area contributed by atoms with Gasteiger partial charge in [0.05, 0.1) is 19.3 Å². The van der Waals surface area contributed by atoms with Crippen molar-refractivity contribution in [3.63, 3.8) is 0 Å². The number of carbonyl (C=O) groups is 1. The van der Waals surface area contributed by atoms with Crippen molar-refractivity contribution in [3.8, 4) is 0 Å². The Morgan fingerprint density at radius 1 is 1.27 bits per heavy atom. The highest BCUT2D eigenvalue weighted by atomic mass is 16.5. The predicted molar refractivity (Wildman–Crippen MR) is 76.1 cm³/mol. The quantitative estimate of drug-likeness (QED) is 0.842. The molecule has 1 aliphatic rings. The molecule has 2 heterocycles. The van der Waals surface area contributed by atoms with Gasteiger partial charge in [-0.05, 0) is 16.0 Å². The third-order valence-corrected chi connectivity index (χ3v) is 3.62. The van der Waals surface area contributed by atoms with Crippen molar-refractivity contribution in [2.45, 2.75) is 12.6 Å². The lowest BCUT2D eigenvalue weighted by molar-refractivity contribution is -0.138. The minimum absolute atomic E-state index is 0.181. The van der Waals surface area contributed by atoms with Crippen molar-refractivity contribution < 1.29 is 14.6 Å². The number of nitrogens with zero attached hydrogens (tertiary/aromatic N) is 5. The Hall–Kier alpha value is -2.32. The van der Waals surface area contributed by atoms with Crippen LogP contribution in [0, 0.1) is 0 Å². The molecule has 1 aromatic heterocycles. The maximum atomic E-state index is 11.0. The topological polar surface area (TPSA) is 93.4 Å². The van der Waals surface area contributed by atoms with Crippen molar-refractivity contribution in [2.75, 3.05) is 26.3 Å². The highest BCUT2D eigenvalue weighted by Crippen LogP contribution is 2.27. The van der Waals surface area contributed by atoms with E-state index < -0.39 is 5.97 Å². The second-order valence-electron chi connectivity index (χ2n) is 5.05. The third-order valence-electron chi connectivity index (χ3n) is 3.62. The van der Waals surface area contributed by atoms with Crippen molar-refractivity contribution in [1.82, 2.24) is 25.1 Å². The van der Waals surface area contributed by atoms with Crippen LogP contribution in [0.15, 0.2) is 30.3 Å². The van der Waals surface area contributed by atoms with E-state index in [0.717, 1.165) is 18.7 Å². The summed E-state index contributed by atoms with van der Waals surface area (Å²) in [6.07, 6.45) is 0. The Balaban J connectivity index is 1.98. The Bertz CT molecular complexity index is 624. The lowest BCUT2D eigenvalue weighted by Gasteiger charge is -2.33. The van der Waals surface area contributed by atoms with Gasteiger partial charge in [0.1, 0.15) is 6.54 Å². The molecule has 0 radical (unpaired) electrons. The smallest absolute Gasteiger partial charge is 0.325 e. The molecule has 8 heteroatoms. The number of aliphatic carboxylic acids is 1. The molecular weight excluding hydrogens is 286 g/mol. The van der Waals surface area contributed by atoms with Crippen molar-refractivity contribution in [1.29, 1.82) is 0 Å². The summed E-state index contributed by atoms with van der Waals surface area (Å²) in [5, 5.41) is 20.6. The van der Waals surface area contributed by atoms with Gasteiger partial charge in [-0.25, -0.2) is 4.68 Å². The molecule has 1 saturated heterocycles. The van der Waals surface area contributed by atoms with E-state index in [2.05, 4.69) is 20.4 Å². The van der Waals surface area contributed by atoms with Crippen LogP contribution in [0.4, 0.5) is 0 Å². The number of hydrogen-bond acceptors (Lipinski definition) is 6. The van der Waals surface area contributed by atoms with Crippen LogP contribution in [-0.4, -0.2) is 62.5 Å². The average molecular weight is 303 g/mol. The molecule has 0 spiro atoms. The van der Waals surface area contributed by atoms with Gasteiger partial charge in [-0.3, -0.25) is 9.69 Å². The summed E-state index contributed by atoms with van der Waals surface area (Å²) in [6.45, 7) is 2.53. The number of rotatable bonds is 5. The lowest BCUT2D eigenvalue weighted by Crippen LogP contribution is -2.40. The van der Waals surface area contributed by atoms with Crippen LogP contribution in [0.1, 0.15) is 17.4 Å². The lowest BCUT2D eigenvalue weighted by atomic mass is 10.0. The molecule has 1 fully saturated rings. The summed E-state index contributed by atoms with van der Waals surface area (Å²) in [5.74, 6) is -0.433. The molecule has 1 N–H and O–H groups in total. The van der Waals surface area contributed by atoms with E-state index in [1.165, 1.54) is 4.68 Å². The number of ether oxygens (including phenoxy) is 1. The molecule has 0 amide bonds. The SMILES string of the molecule is O=C(O)Cn1nnnc1[C@@H](c1ccccc1)N1CCOCC1. The Labute approximate surface area is 127 Å². The second kappa shape index (κ2) is 6.63. The third kappa shape index (κ3) is 3.12. The zero-order chi connectivity index (χ0) is 15.4. The number of carboxylic acid groups (broad SMARTS) is 1. The Morgan fingerprint density at radius 2 is 2.00 bits per heavy atom. The monoisotopic (exact) mass is 303 g/mol. The molecule has 116 valence electrons.